The first kappa shape index (κ1) is 19.1. The van der Waals surface area contributed by atoms with Crippen molar-refractivity contribution in [3.8, 4) is 5.75 Å². The normalized spacial score (nSPS) is 15.7. The molecule has 0 aliphatic carbocycles. The molecule has 138 valence electrons. The maximum Gasteiger partial charge on any atom is 0.285 e. The number of hydrazine groups is 1. The summed E-state index contributed by atoms with van der Waals surface area (Å²) in [5.74, 6) is -0.352. The van der Waals surface area contributed by atoms with Crippen molar-refractivity contribution in [2.75, 3.05) is 0 Å². The number of thioether (sulfide) groups is 1. The van der Waals surface area contributed by atoms with Gasteiger partial charge in [0.1, 0.15) is 5.75 Å². The number of phenols is 1. The monoisotopic (exact) mass is 398 g/mol. The quantitative estimate of drug-likeness (QED) is 0.600. The third-order valence-corrected chi connectivity index (χ3v) is 5.34. The van der Waals surface area contributed by atoms with Gasteiger partial charge in [-0.1, -0.05) is 49.9 Å². The Morgan fingerprint density at radius 2 is 1.78 bits per heavy atom. The molecule has 1 saturated heterocycles. The molecule has 0 radical (unpaired) electrons. The number of rotatable bonds is 4. The summed E-state index contributed by atoms with van der Waals surface area (Å²) in [5.41, 5.74) is 4.95. The van der Waals surface area contributed by atoms with E-state index in [0.29, 0.717) is 16.4 Å². The van der Waals surface area contributed by atoms with Crippen molar-refractivity contribution in [1.82, 2.24) is 10.4 Å². The number of hydrogen-bond donors (Lipinski definition) is 2. The van der Waals surface area contributed by atoms with Crippen molar-refractivity contribution in [2.24, 2.45) is 0 Å². The van der Waals surface area contributed by atoms with Crippen LogP contribution in [0.15, 0.2) is 53.4 Å². The highest BCUT2D eigenvalue weighted by Gasteiger charge is 2.33. The van der Waals surface area contributed by atoms with E-state index < -0.39 is 5.91 Å². The Bertz CT molecular complexity index is 919. The number of aromatic hydroxyl groups is 1. The maximum atomic E-state index is 12.6. The maximum absolute atomic E-state index is 12.6. The van der Waals surface area contributed by atoms with Gasteiger partial charge in [0, 0.05) is 5.56 Å². The van der Waals surface area contributed by atoms with Crippen molar-refractivity contribution in [3.63, 3.8) is 0 Å². The third kappa shape index (κ3) is 4.37. The highest BCUT2D eigenvalue weighted by Crippen LogP contribution is 2.31. The minimum atomic E-state index is -0.478. The molecule has 0 aromatic heterocycles. The number of phenolic OH excluding ortho intramolecular Hbond substituents is 1. The van der Waals surface area contributed by atoms with Crippen LogP contribution in [0, 0.1) is 0 Å². The highest BCUT2D eigenvalue weighted by atomic mass is 32.2. The molecule has 2 aromatic rings. The van der Waals surface area contributed by atoms with E-state index in [0.717, 1.165) is 22.3 Å². The second kappa shape index (κ2) is 7.94. The van der Waals surface area contributed by atoms with Crippen LogP contribution in [0.4, 0.5) is 0 Å². The number of carbonyl (C=O) groups is 2. The van der Waals surface area contributed by atoms with Crippen LogP contribution in [0.25, 0.3) is 6.08 Å². The summed E-state index contributed by atoms with van der Waals surface area (Å²) in [5, 5.41) is 10.4. The van der Waals surface area contributed by atoms with E-state index in [9.17, 15) is 14.7 Å². The predicted octanol–water partition coefficient (Wildman–Crippen LogP) is 4.06. The van der Waals surface area contributed by atoms with Gasteiger partial charge in [0.15, 0.2) is 4.32 Å². The van der Waals surface area contributed by atoms with Gasteiger partial charge in [-0.25, -0.2) is 0 Å². The standard InChI is InChI=1S/C20H18N2O3S2/c1-12(2)14-5-3-13(4-6-14)11-17-19(25)22(20(26)27-17)21-18(24)15-7-9-16(23)10-8-15/h3-12,23H,1-2H3,(H,21,24)/b17-11-. The molecule has 3 rings (SSSR count). The molecule has 0 spiro atoms. The second-order valence-corrected chi connectivity index (χ2v) is 8.00. The first-order valence-corrected chi connectivity index (χ1v) is 9.55. The molecule has 0 unspecified atom stereocenters. The number of carbonyl (C=O) groups excluding carboxylic acids is 2. The van der Waals surface area contributed by atoms with E-state index >= 15 is 0 Å². The summed E-state index contributed by atoms with van der Waals surface area (Å²) in [4.78, 5) is 25.4. The molecule has 0 bridgehead atoms. The van der Waals surface area contributed by atoms with E-state index in [1.807, 2.05) is 24.3 Å². The predicted molar refractivity (Wildman–Crippen MR) is 111 cm³/mol. The number of amides is 2. The van der Waals surface area contributed by atoms with Crippen LogP contribution < -0.4 is 5.43 Å². The van der Waals surface area contributed by atoms with Crippen LogP contribution in [-0.2, 0) is 4.79 Å². The van der Waals surface area contributed by atoms with Crippen LogP contribution in [0.5, 0.6) is 5.75 Å². The van der Waals surface area contributed by atoms with Gasteiger partial charge >= 0.3 is 0 Å². The molecule has 0 atom stereocenters. The molecule has 7 heteroatoms. The minimum absolute atomic E-state index is 0.0589. The Kier molecular flexibility index (Phi) is 5.62. The second-order valence-electron chi connectivity index (χ2n) is 6.33. The molecular formula is C20H18N2O3S2. The van der Waals surface area contributed by atoms with E-state index in [-0.39, 0.29) is 16.0 Å². The topological polar surface area (TPSA) is 69.6 Å². The molecule has 2 N–H and O–H groups in total. The third-order valence-electron chi connectivity index (χ3n) is 4.04. The molecule has 1 heterocycles. The molecule has 1 aliphatic rings. The fourth-order valence-electron chi connectivity index (χ4n) is 2.47. The largest absolute Gasteiger partial charge is 0.508 e. The van der Waals surface area contributed by atoms with Gasteiger partial charge in [0.05, 0.1) is 4.91 Å². The smallest absolute Gasteiger partial charge is 0.285 e. The van der Waals surface area contributed by atoms with Gasteiger partial charge in [-0.15, -0.1) is 0 Å². The van der Waals surface area contributed by atoms with Crippen molar-refractivity contribution in [2.45, 2.75) is 19.8 Å². The Balaban J connectivity index is 1.74. The summed E-state index contributed by atoms with van der Waals surface area (Å²) in [6, 6.07) is 13.7. The summed E-state index contributed by atoms with van der Waals surface area (Å²) in [6.07, 6.45) is 1.76. The number of benzene rings is 2. The van der Waals surface area contributed by atoms with Crippen molar-refractivity contribution in [1.29, 1.82) is 0 Å². The number of nitrogens with zero attached hydrogens (tertiary/aromatic N) is 1. The molecule has 2 aromatic carbocycles. The summed E-state index contributed by atoms with van der Waals surface area (Å²) in [7, 11) is 0. The zero-order valence-corrected chi connectivity index (χ0v) is 16.4. The van der Waals surface area contributed by atoms with E-state index in [4.69, 9.17) is 12.2 Å². The molecule has 5 nitrogen and oxygen atoms in total. The van der Waals surface area contributed by atoms with Gasteiger partial charge in [-0.3, -0.25) is 15.0 Å². The van der Waals surface area contributed by atoms with Crippen molar-refractivity contribution in [3.05, 3.63) is 70.1 Å². The Morgan fingerprint density at radius 3 is 2.37 bits per heavy atom. The number of thiocarbonyl (C=S) groups is 1. The van der Waals surface area contributed by atoms with Crippen LogP contribution in [0.2, 0.25) is 0 Å². The first-order chi connectivity index (χ1) is 12.8. The lowest BCUT2D eigenvalue weighted by Gasteiger charge is -2.15. The first-order valence-electron chi connectivity index (χ1n) is 8.33. The van der Waals surface area contributed by atoms with Crippen molar-refractivity contribution >= 4 is 46.2 Å². The van der Waals surface area contributed by atoms with E-state index in [2.05, 4.69) is 19.3 Å². The Morgan fingerprint density at radius 1 is 1.15 bits per heavy atom. The van der Waals surface area contributed by atoms with Gasteiger partial charge in [-0.05, 0) is 59.6 Å². The lowest BCUT2D eigenvalue weighted by molar-refractivity contribution is -0.123. The zero-order chi connectivity index (χ0) is 19.6. The van der Waals surface area contributed by atoms with Gasteiger partial charge in [0.25, 0.3) is 11.8 Å². The number of hydrogen-bond acceptors (Lipinski definition) is 5. The Hall–Kier alpha value is -2.64. The molecule has 0 saturated carbocycles. The van der Waals surface area contributed by atoms with Crippen LogP contribution >= 0.6 is 24.0 Å². The average Bonchev–Trinajstić information content (AvgIpc) is 2.90. The van der Waals surface area contributed by atoms with E-state index in [1.165, 1.54) is 29.8 Å². The lowest BCUT2D eigenvalue weighted by atomic mass is 10.0. The highest BCUT2D eigenvalue weighted by molar-refractivity contribution is 8.26. The van der Waals surface area contributed by atoms with Crippen LogP contribution in [0.3, 0.4) is 0 Å². The molecular weight excluding hydrogens is 380 g/mol. The average molecular weight is 399 g/mol. The SMILES string of the molecule is CC(C)c1ccc(/C=C2\SC(=S)N(NC(=O)c3ccc(O)cc3)C2=O)cc1. The number of nitrogens with one attached hydrogen (secondary N) is 1. The molecule has 1 fully saturated rings. The minimum Gasteiger partial charge on any atom is -0.508 e. The van der Waals surface area contributed by atoms with Crippen LogP contribution in [0.1, 0.15) is 41.3 Å². The fraction of sp³-hybridized carbons (Fsp3) is 0.150. The van der Waals surface area contributed by atoms with Gasteiger partial charge in [-0.2, -0.15) is 5.01 Å². The molecule has 27 heavy (non-hydrogen) atoms. The van der Waals surface area contributed by atoms with Crippen molar-refractivity contribution < 1.29 is 14.7 Å². The Labute approximate surface area is 167 Å². The fourth-order valence-corrected chi connectivity index (χ4v) is 3.65. The lowest BCUT2D eigenvalue weighted by Crippen LogP contribution is -2.44. The summed E-state index contributed by atoms with van der Waals surface area (Å²) >= 11 is 6.37. The zero-order valence-electron chi connectivity index (χ0n) is 14.8. The van der Waals surface area contributed by atoms with Gasteiger partial charge in [0.2, 0.25) is 0 Å². The summed E-state index contributed by atoms with van der Waals surface area (Å²) in [6.45, 7) is 4.24. The van der Waals surface area contributed by atoms with Gasteiger partial charge < -0.3 is 5.11 Å². The molecule has 2 amide bonds. The van der Waals surface area contributed by atoms with E-state index in [1.54, 1.807) is 6.08 Å². The summed E-state index contributed by atoms with van der Waals surface area (Å²) < 4.78 is 0.261. The molecule has 1 aliphatic heterocycles. The van der Waals surface area contributed by atoms with Crippen LogP contribution in [-0.4, -0.2) is 26.3 Å².